The Morgan fingerprint density at radius 2 is 1.96 bits per heavy atom. The van der Waals surface area contributed by atoms with Gasteiger partial charge < -0.3 is 15.4 Å². The Bertz CT molecular complexity index is 951. The number of nitrogens with one attached hydrogen (secondary N) is 2. The number of hydrogen-bond donors (Lipinski definition) is 2. The van der Waals surface area contributed by atoms with Gasteiger partial charge in [0.15, 0.2) is 5.13 Å². The summed E-state index contributed by atoms with van der Waals surface area (Å²) in [5.41, 5.74) is 0.821. The van der Waals surface area contributed by atoms with Crippen molar-refractivity contribution >= 4 is 51.4 Å². The minimum Gasteiger partial charge on any atom is -0.497 e. The minimum atomic E-state index is -0.0979. The molecule has 0 aliphatic carbocycles. The Kier molecular flexibility index (Phi) is 7.07. The quantitative estimate of drug-likeness (QED) is 0.519. The molecule has 0 atom stereocenters. The molecule has 0 saturated heterocycles. The molecule has 3 rings (SSSR count). The van der Waals surface area contributed by atoms with E-state index in [1.165, 1.54) is 30.0 Å². The van der Waals surface area contributed by atoms with Crippen LogP contribution in [0.3, 0.4) is 0 Å². The second-order valence-electron chi connectivity index (χ2n) is 5.73. The number of amides is 2. The fourth-order valence-corrected chi connectivity index (χ4v) is 4.65. The van der Waals surface area contributed by atoms with Gasteiger partial charge in [0.2, 0.25) is 11.8 Å². The molecule has 28 heavy (non-hydrogen) atoms. The number of nitrogens with zero attached hydrogens (tertiary/aromatic N) is 1. The van der Waals surface area contributed by atoms with Crippen LogP contribution in [-0.4, -0.2) is 29.7 Å². The molecular formula is C19H19N3O3S3. The van der Waals surface area contributed by atoms with Crippen LogP contribution in [0.25, 0.3) is 10.6 Å². The third-order valence-corrected chi connectivity index (χ3v) is 6.48. The van der Waals surface area contributed by atoms with Crippen LogP contribution in [0, 0.1) is 0 Å². The Hall–Kier alpha value is -2.36. The Balaban J connectivity index is 1.52. The number of benzene rings is 1. The van der Waals surface area contributed by atoms with E-state index in [1.807, 2.05) is 41.8 Å². The van der Waals surface area contributed by atoms with E-state index >= 15 is 0 Å². The van der Waals surface area contributed by atoms with Crippen LogP contribution < -0.4 is 15.4 Å². The van der Waals surface area contributed by atoms with E-state index < -0.39 is 0 Å². The van der Waals surface area contributed by atoms with Gasteiger partial charge in [0.05, 0.1) is 30.0 Å². The summed E-state index contributed by atoms with van der Waals surface area (Å²) in [4.78, 5) is 30.7. The van der Waals surface area contributed by atoms with E-state index in [4.69, 9.17) is 4.74 Å². The molecular weight excluding hydrogens is 414 g/mol. The summed E-state index contributed by atoms with van der Waals surface area (Å²) in [6, 6.07) is 11.5. The number of thiazole rings is 1. The molecule has 0 radical (unpaired) electrons. The average molecular weight is 434 g/mol. The summed E-state index contributed by atoms with van der Waals surface area (Å²) in [6.07, 6.45) is 0. The van der Waals surface area contributed by atoms with E-state index in [0.29, 0.717) is 17.4 Å². The van der Waals surface area contributed by atoms with Crippen molar-refractivity contribution in [1.29, 1.82) is 0 Å². The Morgan fingerprint density at radius 1 is 1.18 bits per heavy atom. The standard InChI is InChI=1S/C19H19N3O3S3/c1-12(23)20-9-15-7-8-17(28-15)16-10-27-19(21-16)22-18(24)11-26-14-5-3-13(25-2)4-6-14/h3-8,10H,9,11H2,1-2H3,(H,20,23)(H,21,22,24). The summed E-state index contributed by atoms with van der Waals surface area (Å²) in [5, 5.41) is 8.11. The van der Waals surface area contributed by atoms with Crippen molar-refractivity contribution in [2.45, 2.75) is 18.4 Å². The fourth-order valence-electron chi connectivity index (χ4n) is 2.24. The van der Waals surface area contributed by atoms with E-state index in [-0.39, 0.29) is 11.8 Å². The highest BCUT2D eigenvalue weighted by atomic mass is 32.2. The molecule has 146 valence electrons. The molecule has 2 amide bonds. The first-order valence-corrected chi connectivity index (χ1v) is 11.1. The number of ether oxygens (including phenoxy) is 1. The number of hydrogen-bond acceptors (Lipinski definition) is 7. The van der Waals surface area contributed by atoms with Crippen molar-refractivity contribution in [1.82, 2.24) is 10.3 Å². The number of thioether (sulfide) groups is 1. The highest BCUT2D eigenvalue weighted by Gasteiger charge is 2.11. The molecule has 2 heterocycles. The molecule has 0 aliphatic rings. The number of thiophene rings is 1. The molecule has 1 aromatic carbocycles. The topological polar surface area (TPSA) is 80.3 Å². The monoisotopic (exact) mass is 433 g/mol. The first-order valence-electron chi connectivity index (χ1n) is 8.39. The third kappa shape index (κ3) is 5.82. The van der Waals surface area contributed by atoms with Gasteiger partial charge in [-0.15, -0.1) is 34.4 Å². The molecule has 2 N–H and O–H groups in total. The van der Waals surface area contributed by atoms with Crippen molar-refractivity contribution in [3.05, 3.63) is 46.7 Å². The predicted octanol–water partition coefficient (Wildman–Crippen LogP) is 4.25. The summed E-state index contributed by atoms with van der Waals surface area (Å²) in [6.45, 7) is 2.01. The zero-order chi connectivity index (χ0) is 19.9. The average Bonchev–Trinajstić information content (AvgIpc) is 3.34. The maximum Gasteiger partial charge on any atom is 0.236 e. The summed E-state index contributed by atoms with van der Waals surface area (Å²) < 4.78 is 5.12. The molecule has 6 nitrogen and oxygen atoms in total. The smallest absolute Gasteiger partial charge is 0.236 e. The van der Waals surface area contributed by atoms with Crippen LogP contribution in [0.2, 0.25) is 0 Å². The summed E-state index contributed by atoms with van der Waals surface area (Å²) in [7, 11) is 1.62. The largest absolute Gasteiger partial charge is 0.497 e. The molecule has 0 spiro atoms. The van der Waals surface area contributed by atoms with Gasteiger partial charge in [-0.25, -0.2) is 4.98 Å². The highest BCUT2D eigenvalue weighted by Crippen LogP contribution is 2.31. The van der Waals surface area contributed by atoms with Gasteiger partial charge in [-0.1, -0.05) is 0 Å². The van der Waals surface area contributed by atoms with Gasteiger partial charge in [-0.3, -0.25) is 9.59 Å². The van der Waals surface area contributed by atoms with Crippen LogP contribution >= 0.6 is 34.4 Å². The van der Waals surface area contributed by atoms with Crippen molar-refractivity contribution in [3.63, 3.8) is 0 Å². The minimum absolute atomic E-state index is 0.0545. The predicted molar refractivity (Wildman–Crippen MR) is 115 cm³/mol. The number of carbonyl (C=O) groups is 2. The van der Waals surface area contributed by atoms with Crippen LogP contribution in [0.5, 0.6) is 5.75 Å². The van der Waals surface area contributed by atoms with E-state index in [2.05, 4.69) is 15.6 Å². The Labute approximate surface area is 175 Å². The van der Waals surface area contributed by atoms with Crippen molar-refractivity contribution in [2.75, 3.05) is 18.2 Å². The van der Waals surface area contributed by atoms with E-state index in [9.17, 15) is 9.59 Å². The lowest BCUT2D eigenvalue weighted by Crippen LogP contribution is -2.17. The van der Waals surface area contributed by atoms with Crippen LogP contribution in [0.15, 0.2) is 46.7 Å². The molecule has 3 aromatic rings. The second-order valence-corrected chi connectivity index (χ2v) is 8.80. The van der Waals surface area contributed by atoms with E-state index in [1.54, 1.807) is 18.4 Å². The second kappa shape index (κ2) is 9.72. The zero-order valence-corrected chi connectivity index (χ0v) is 17.8. The van der Waals surface area contributed by atoms with E-state index in [0.717, 1.165) is 26.1 Å². The molecule has 0 fully saturated rings. The van der Waals surface area contributed by atoms with Crippen LogP contribution in [-0.2, 0) is 16.1 Å². The first kappa shape index (κ1) is 20.4. The molecule has 0 unspecified atom stereocenters. The number of aromatic nitrogens is 1. The first-order chi connectivity index (χ1) is 13.5. The van der Waals surface area contributed by atoms with Gasteiger partial charge in [0.1, 0.15) is 5.75 Å². The summed E-state index contributed by atoms with van der Waals surface area (Å²) in [5.74, 6) is 0.944. The lowest BCUT2D eigenvalue weighted by Gasteiger charge is -2.03. The molecule has 0 saturated carbocycles. The molecule has 2 aromatic heterocycles. The van der Waals surface area contributed by atoms with Crippen molar-refractivity contribution in [2.24, 2.45) is 0 Å². The lowest BCUT2D eigenvalue weighted by atomic mass is 10.3. The van der Waals surface area contributed by atoms with Gasteiger partial charge in [0, 0.05) is 22.1 Å². The van der Waals surface area contributed by atoms with Crippen molar-refractivity contribution < 1.29 is 14.3 Å². The third-order valence-electron chi connectivity index (χ3n) is 3.61. The number of carbonyl (C=O) groups excluding carboxylic acids is 2. The highest BCUT2D eigenvalue weighted by molar-refractivity contribution is 8.00. The maximum absolute atomic E-state index is 12.2. The molecule has 9 heteroatoms. The van der Waals surface area contributed by atoms with Crippen molar-refractivity contribution in [3.8, 4) is 16.3 Å². The van der Waals surface area contributed by atoms with Gasteiger partial charge in [-0.2, -0.15) is 0 Å². The normalized spacial score (nSPS) is 10.5. The Morgan fingerprint density at radius 3 is 2.68 bits per heavy atom. The number of anilines is 1. The zero-order valence-electron chi connectivity index (χ0n) is 15.4. The van der Waals surface area contributed by atoms with Gasteiger partial charge in [-0.05, 0) is 36.4 Å². The van der Waals surface area contributed by atoms with Crippen LogP contribution in [0.4, 0.5) is 5.13 Å². The number of rotatable bonds is 8. The molecule has 0 bridgehead atoms. The lowest BCUT2D eigenvalue weighted by molar-refractivity contribution is -0.119. The maximum atomic E-state index is 12.2. The SMILES string of the molecule is COc1ccc(SCC(=O)Nc2nc(-c3ccc(CNC(C)=O)s3)cs2)cc1. The fraction of sp³-hybridized carbons (Fsp3) is 0.211. The van der Waals surface area contributed by atoms with Gasteiger partial charge >= 0.3 is 0 Å². The number of methoxy groups -OCH3 is 1. The van der Waals surface area contributed by atoms with Gasteiger partial charge in [0.25, 0.3) is 0 Å². The summed E-state index contributed by atoms with van der Waals surface area (Å²) >= 11 is 4.43. The van der Waals surface area contributed by atoms with Crippen LogP contribution in [0.1, 0.15) is 11.8 Å². The molecule has 0 aliphatic heterocycles.